The number of rotatable bonds is 7. The van der Waals surface area contributed by atoms with Gasteiger partial charge >= 0.3 is 12.1 Å². The molecule has 0 saturated carbocycles. The van der Waals surface area contributed by atoms with Crippen LogP contribution in [0.2, 0.25) is 0 Å². The van der Waals surface area contributed by atoms with E-state index in [0.29, 0.717) is 13.0 Å². The second-order valence-electron chi connectivity index (χ2n) is 4.47. The van der Waals surface area contributed by atoms with Gasteiger partial charge in [-0.05, 0) is 31.0 Å². The van der Waals surface area contributed by atoms with Crippen LogP contribution >= 0.6 is 0 Å². The first-order valence-electron chi connectivity index (χ1n) is 7.17. The zero-order valence-electron chi connectivity index (χ0n) is 13.0. The summed E-state index contributed by atoms with van der Waals surface area (Å²) >= 11 is 0. The molecule has 0 unspecified atom stereocenters. The first-order valence-corrected chi connectivity index (χ1v) is 7.17. The van der Waals surface area contributed by atoms with Gasteiger partial charge in [-0.3, -0.25) is 0 Å². The highest BCUT2D eigenvalue weighted by atomic mass is 16.6. The minimum absolute atomic E-state index is 0.118. The van der Waals surface area contributed by atoms with Gasteiger partial charge in [0.1, 0.15) is 5.75 Å². The summed E-state index contributed by atoms with van der Waals surface area (Å²) in [5.41, 5.74) is 6.46. The molecule has 0 aromatic heterocycles. The minimum Gasteiger partial charge on any atom is -0.497 e. The zero-order valence-corrected chi connectivity index (χ0v) is 13.0. The lowest BCUT2D eigenvalue weighted by molar-refractivity contribution is 0.115. The highest BCUT2D eigenvalue weighted by Gasteiger charge is 2.21. The van der Waals surface area contributed by atoms with Gasteiger partial charge in [0, 0.05) is 19.6 Å². The summed E-state index contributed by atoms with van der Waals surface area (Å²) in [4.78, 5) is 24.6. The third kappa shape index (κ3) is 5.61. The Kier molecular flexibility index (Phi) is 7.77. The molecular formula is C15H23N3O4. The van der Waals surface area contributed by atoms with Gasteiger partial charge in [-0.2, -0.15) is 0 Å². The van der Waals surface area contributed by atoms with Crippen LogP contribution in [0.5, 0.6) is 5.75 Å². The number of carbonyl (C=O) groups is 2. The van der Waals surface area contributed by atoms with Gasteiger partial charge in [-0.25, -0.2) is 14.5 Å². The lowest BCUT2D eigenvalue weighted by atomic mass is 10.1. The Morgan fingerprint density at radius 3 is 2.50 bits per heavy atom. The van der Waals surface area contributed by atoms with Crippen LogP contribution in [-0.4, -0.2) is 50.4 Å². The molecule has 0 bridgehead atoms. The fourth-order valence-electron chi connectivity index (χ4n) is 1.81. The molecule has 0 spiro atoms. The van der Waals surface area contributed by atoms with E-state index >= 15 is 0 Å². The van der Waals surface area contributed by atoms with Crippen LogP contribution in [0.15, 0.2) is 24.3 Å². The number of urea groups is 1. The van der Waals surface area contributed by atoms with E-state index in [-0.39, 0.29) is 19.7 Å². The molecule has 3 N–H and O–H groups in total. The average molecular weight is 309 g/mol. The Labute approximate surface area is 130 Å². The molecule has 1 aromatic carbocycles. The summed E-state index contributed by atoms with van der Waals surface area (Å²) < 4.78 is 9.90. The number of nitrogens with zero attached hydrogens (tertiary/aromatic N) is 1. The van der Waals surface area contributed by atoms with Crippen LogP contribution in [0, 0.1) is 0 Å². The van der Waals surface area contributed by atoms with E-state index in [1.807, 2.05) is 24.3 Å². The van der Waals surface area contributed by atoms with Gasteiger partial charge in [0.25, 0.3) is 0 Å². The van der Waals surface area contributed by atoms with Crippen molar-refractivity contribution in [2.45, 2.75) is 13.3 Å². The topological polar surface area (TPSA) is 93.9 Å². The summed E-state index contributed by atoms with van der Waals surface area (Å²) in [6.07, 6.45) is -0.0374. The first-order chi connectivity index (χ1) is 10.6. The Morgan fingerprint density at radius 2 is 1.95 bits per heavy atom. The lowest BCUT2D eigenvalue weighted by Gasteiger charge is -2.19. The molecule has 0 aliphatic rings. The normalized spacial score (nSPS) is 9.95. The number of imide groups is 1. The molecule has 1 rings (SSSR count). The summed E-state index contributed by atoms with van der Waals surface area (Å²) in [6, 6.07) is 7.06. The highest BCUT2D eigenvalue weighted by Crippen LogP contribution is 2.11. The smallest absolute Gasteiger partial charge is 0.418 e. The summed E-state index contributed by atoms with van der Waals surface area (Å²) in [5, 5.41) is 2.68. The van der Waals surface area contributed by atoms with Crippen molar-refractivity contribution in [3.63, 3.8) is 0 Å². The number of nitrogens with one attached hydrogen (secondary N) is 1. The number of benzene rings is 1. The second kappa shape index (κ2) is 9.62. The van der Waals surface area contributed by atoms with Crippen LogP contribution < -0.4 is 15.8 Å². The standard InChI is InChI=1S/C15H23N3O4/c1-3-22-15(20)18(11-9-16)14(19)17-10-8-12-4-6-13(21-2)7-5-12/h4-7H,3,8-11,16H2,1-2H3,(H,17,19). The van der Waals surface area contributed by atoms with Crippen molar-refractivity contribution in [1.82, 2.24) is 10.2 Å². The van der Waals surface area contributed by atoms with Crippen molar-refractivity contribution in [1.29, 1.82) is 0 Å². The van der Waals surface area contributed by atoms with E-state index in [9.17, 15) is 9.59 Å². The maximum absolute atomic E-state index is 12.0. The molecule has 0 saturated heterocycles. The molecule has 1 aromatic rings. The van der Waals surface area contributed by atoms with Crippen molar-refractivity contribution in [3.8, 4) is 5.75 Å². The van der Waals surface area contributed by atoms with Gasteiger partial charge < -0.3 is 20.5 Å². The van der Waals surface area contributed by atoms with E-state index in [1.54, 1.807) is 14.0 Å². The molecule has 122 valence electrons. The molecule has 7 nitrogen and oxygen atoms in total. The van der Waals surface area contributed by atoms with Crippen LogP contribution in [-0.2, 0) is 11.2 Å². The minimum atomic E-state index is -0.685. The van der Waals surface area contributed by atoms with Crippen LogP contribution in [0.1, 0.15) is 12.5 Å². The quantitative estimate of drug-likeness (QED) is 0.793. The molecule has 0 atom stereocenters. The zero-order chi connectivity index (χ0) is 16.4. The molecule has 0 heterocycles. The van der Waals surface area contributed by atoms with Gasteiger partial charge in [0.2, 0.25) is 0 Å². The monoisotopic (exact) mass is 309 g/mol. The van der Waals surface area contributed by atoms with Crippen LogP contribution in [0.3, 0.4) is 0 Å². The summed E-state index contributed by atoms with van der Waals surface area (Å²) in [6.45, 7) is 2.60. The molecule has 3 amide bonds. The van der Waals surface area contributed by atoms with Crippen molar-refractivity contribution in [3.05, 3.63) is 29.8 Å². The van der Waals surface area contributed by atoms with Crippen LogP contribution in [0.25, 0.3) is 0 Å². The highest BCUT2D eigenvalue weighted by molar-refractivity contribution is 5.90. The Balaban J connectivity index is 2.46. The fourth-order valence-corrected chi connectivity index (χ4v) is 1.81. The summed E-state index contributed by atoms with van der Waals surface area (Å²) in [5.74, 6) is 0.782. The number of hydrogen-bond acceptors (Lipinski definition) is 5. The van der Waals surface area contributed by atoms with Gasteiger partial charge in [0.15, 0.2) is 0 Å². The van der Waals surface area contributed by atoms with Crippen molar-refractivity contribution >= 4 is 12.1 Å². The second-order valence-corrected chi connectivity index (χ2v) is 4.47. The predicted octanol–water partition coefficient (Wildman–Crippen LogP) is 1.36. The van der Waals surface area contributed by atoms with Gasteiger partial charge in [0.05, 0.1) is 13.7 Å². The molecule has 0 fully saturated rings. The molecule has 0 aliphatic carbocycles. The van der Waals surface area contributed by atoms with E-state index in [2.05, 4.69) is 5.32 Å². The van der Waals surface area contributed by atoms with E-state index in [4.69, 9.17) is 15.2 Å². The SMILES string of the molecule is CCOC(=O)N(CCN)C(=O)NCCc1ccc(OC)cc1. The maximum Gasteiger partial charge on any atom is 0.418 e. The third-order valence-corrected chi connectivity index (χ3v) is 2.94. The summed E-state index contributed by atoms with van der Waals surface area (Å²) in [7, 11) is 1.61. The number of carbonyl (C=O) groups excluding carboxylic acids is 2. The molecular weight excluding hydrogens is 286 g/mol. The van der Waals surface area contributed by atoms with Crippen LogP contribution in [0.4, 0.5) is 9.59 Å². The molecule has 0 aliphatic heterocycles. The Hall–Kier alpha value is -2.28. The Bertz CT molecular complexity index is 476. The van der Waals surface area contributed by atoms with Crippen molar-refractivity contribution in [2.24, 2.45) is 5.73 Å². The van der Waals surface area contributed by atoms with E-state index in [1.165, 1.54) is 0 Å². The number of hydrogen-bond donors (Lipinski definition) is 2. The molecule has 0 radical (unpaired) electrons. The number of nitrogens with two attached hydrogens (primary N) is 1. The largest absolute Gasteiger partial charge is 0.497 e. The van der Waals surface area contributed by atoms with E-state index in [0.717, 1.165) is 16.2 Å². The maximum atomic E-state index is 12.0. The van der Waals surface area contributed by atoms with E-state index < -0.39 is 12.1 Å². The Morgan fingerprint density at radius 1 is 1.27 bits per heavy atom. The van der Waals surface area contributed by atoms with Crippen molar-refractivity contribution < 1.29 is 19.1 Å². The first kappa shape index (κ1) is 17.8. The number of methoxy groups -OCH3 is 1. The fraction of sp³-hybridized carbons (Fsp3) is 0.467. The number of ether oxygens (including phenoxy) is 2. The van der Waals surface area contributed by atoms with Gasteiger partial charge in [-0.15, -0.1) is 0 Å². The average Bonchev–Trinajstić information content (AvgIpc) is 2.53. The molecule has 7 heteroatoms. The van der Waals surface area contributed by atoms with Crippen molar-refractivity contribution in [2.75, 3.05) is 33.4 Å². The van der Waals surface area contributed by atoms with Gasteiger partial charge in [-0.1, -0.05) is 12.1 Å². The third-order valence-electron chi connectivity index (χ3n) is 2.94. The lowest BCUT2D eigenvalue weighted by Crippen LogP contribution is -2.46. The predicted molar refractivity (Wildman–Crippen MR) is 82.9 cm³/mol. The molecule has 22 heavy (non-hydrogen) atoms. The number of amides is 3.